The molecule has 0 saturated heterocycles. The summed E-state index contributed by atoms with van der Waals surface area (Å²) >= 11 is 0. The number of carbonyl (C=O) groups is 1. The third kappa shape index (κ3) is 3.41. The van der Waals surface area contributed by atoms with E-state index in [4.69, 9.17) is 0 Å². The van der Waals surface area contributed by atoms with Crippen molar-refractivity contribution in [2.45, 2.75) is 44.7 Å². The predicted molar refractivity (Wildman–Crippen MR) is 90.6 cm³/mol. The lowest BCUT2D eigenvalue weighted by Crippen LogP contribution is -2.44. The van der Waals surface area contributed by atoms with Crippen LogP contribution in [0.5, 0.6) is 0 Å². The molecule has 23 heavy (non-hydrogen) atoms. The summed E-state index contributed by atoms with van der Waals surface area (Å²) in [5.74, 6) is 0. The molecule has 1 fully saturated rings. The molecule has 2 aromatic rings. The van der Waals surface area contributed by atoms with Gasteiger partial charge in [0.05, 0.1) is 11.0 Å². The second-order valence-electron chi connectivity index (χ2n) is 6.22. The molecule has 0 bridgehead atoms. The molecular formula is C17H24N4O2. The van der Waals surface area contributed by atoms with Crippen molar-refractivity contribution < 1.29 is 4.79 Å². The maximum absolute atomic E-state index is 12.3. The molecule has 0 aliphatic heterocycles. The lowest BCUT2D eigenvalue weighted by molar-refractivity contribution is 0.232. The van der Waals surface area contributed by atoms with Gasteiger partial charge in [-0.3, -0.25) is 9.13 Å². The number of urea groups is 1. The fraction of sp³-hybridized carbons (Fsp3) is 0.529. The fourth-order valence-electron chi connectivity index (χ4n) is 3.34. The third-order valence-electron chi connectivity index (χ3n) is 4.61. The first-order chi connectivity index (χ1) is 11.2. The predicted octanol–water partition coefficient (Wildman–Crippen LogP) is 1.97. The molecular weight excluding hydrogens is 292 g/mol. The highest BCUT2D eigenvalue weighted by atomic mass is 16.2. The van der Waals surface area contributed by atoms with Gasteiger partial charge >= 0.3 is 11.7 Å². The van der Waals surface area contributed by atoms with E-state index in [0.29, 0.717) is 19.1 Å². The largest absolute Gasteiger partial charge is 0.336 e. The Labute approximate surface area is 135 Å². The monoisotopic (exact) mass is 316 g/mol. The Bertz CT molecular complexity index is 741. The second-order valence-corrected chi connectivity index (χ2v) is 6.22. The van der Waals surface area contributed by atoms with Crippen molar-refractivity contribution in [2.24, 2.45) is 7.05 Å². The molecule has 1 aromatic carbocycles. The van der Waals surface area contributed by atoms with E-state index in [1.54, 1.807) is 16.2 Å². The first-order valence-corrected chi connectivity index (χ1v) is 8.35. The van der Waals surface area contributed by atoms with Crippen LogP contribution >= 0.6 is 0 Å². The minimum Gasteiger partial charge on any atom is -0.336 e. The Hall–Kier alpha value is -2.24. The van der Waals surface area contributed by atoms with Gasteiger partial charge in [-0.05, 0) is 25.0 Å². The molecule has 1 heterocycles. The van der Waals surface area contributed by atoms with E-state index in [2.05, 4.69) is 10.6 Å². The van der Waals surface area contributed by atoms with E-state index in [9.17, 15) is 9.59 Å². The number of carbonyl (C=O) groups excluding carboxylic acids is 1. The molecule has 6 heteroatoms. The van der Waals surface area contributed by atoms with Gasteiger partial charge < -0.3 is 10.6 Å². The van der Waals surface area contributed by atoms with Crippen LogP contribution in [0.3, 0.4) is 0 Å². The van der Waals surface area contributed by atoms with Crippen LogP contribution in [0.25, 0.3) is 11.0 Å². The normalized spacial score (nSPS) is 15.7. The van der Waals surface area contributed by atoms with Gasteiger partial charge in [-0.15, -0.1) is 0 Å². The minimum absolute atomic E-state index is 0.0549. The van der Waals surface area contributed by atoms with Crippen molar-refractivity contribution in [3.63, 3.8) is 0 Å². The number of aryl methyl sites for hydroxylation is 1. The Balaban J connectivity index is 1.57. The maximum atomic E-state index is 12.3. The molecule has 1 aromatic heterocycles. The number of imidazole rings is 1. The summed E-state index contributed by atoms with van der Waals surface area (Å²) in [5.41, 5.74) is 1.75. The van der Waals surface area contributed by atoms with Gasteiger partial charge in [0.25, 0.3) is 0 Å². The van der Waals surface area contributed by atoms with Crippen LogP contribution < -0.4 is 16.3 Å². The van der Waals surface area contributed by atoms with Crippen molar-refractivity contribution >= 4 is 17.1 Å². The molecule has 2 amide bonds. The Morgan fingerprint density at radius 1 is 1.17 bits per heavy atom. The zero-order chi connectivity index (χ0) is 16.2. The molecule has 124 valence electrons. The summed E-state index contributed by atoms with van der Waals surface area (Å²) in [5, 5.41) is 5.88. The number of nitrogens with one attached hydrogen (secondary N) is 2. The van der Waals surface area contributed by atoms with Crippen molar-refractivity contribution in [1.82, 2.24) is 19.8 Å². The van der Waals surface area contributed by atoms with Gasteiger partial charge in [0.2, 0.25) is 0 Å². The summed E-state index contributed by atoms with van der Waals surface area (Å²) in [6, 6.07) is 7.85. The number of para-hydroxylation sites is 2. The van der Waals surface area contributed by atoms with E-state index >= 15 is 0 Å². The highest BCUT2D eigenvalue weighted by Gasteiger charge is 2.15. The van der Waals surface area contributed by atoms with Gasteiger partial charge in [-0.2, -0.15) is 0 Å². The Morgan fingerprint density at radius 2 is 1.87 bits per heavy atom. The lowest BCUT2D eigenvalue weighted by Gasteiger charge is -2.22. The first-order valence-electron chi connectivity index (χ1n) is 8.35. The summed E-state index contributed by atoms with van der Waals surface area (Å²) in [4.78, 5) is 24.2. The molecule has 1 saturated carbocycles. The van der Waals surface area contributed by atoms with E-state index in [1.807, 2.05) is 24.3 Å². The number of benzene rings is 1. The number of amides is 2. The molecule has 0 atom stereocenters. The third-order valence-corrected chi connectivity index (χ3v) is 4.61. The smallest absolute Gasteiger partial charge is 0.328 e. The zero-order valence-electron chi connectivity index (χ0n) is 13.5. The van der Waals surface area contributed by atoms with E-state index in [1.165, 1.54) is 19.3 Å². The number of aromatic nitrogens is 2. The molecule has 3 rings (SSSR count). The quantitative estimate of drug-likeness (QED) is 0.905. The summed E-state index contributed by atoms with van der Waals surface area (Å²) in [6.07, 6.45) is 5.78. The fourth-order valence-corrected chi connectivity index (χ4v) is 3.34. The molecule has 0 spiro atoms. The molecule has 0 unspecified atom stereocenters. The average molecular weight is 316 g/mol. The SMILES string of the molecule is Cn1c(=O)n(CCNC(=O)NC2CCCCC2)c2ccccc21. The van der Waals surface area contributed by atoms with Crippen LogP contribution in [0.4, 0.5) is 4.79 Å². The van der Waals surface area contributed by atoms with Gasteiger partial charge in [-0.25, -0.2) is 9.59 Å². The highest BCUT2D eigenvalue weighted by molar-refractivity contribution is 5.76. The van der Waals surface area contributed by atoms with E-state index in [0.717, 1.165) is 23.9 Å². The standard InChI is InChI=1S/C17H24N4O2/c1-20-14-9-5-6-10-15(14)21(17(20)23)12-11-18-16(22)19-13-7-3-2-4-8-13/h5-6,9-10,13H,2-4,7-8,11-12H2,1H3,(H2,18,19,22). The number of fused-ring (bicyclic) bond motifs is 1. The molecule has 1 aliphatic rings. The molecule has 2 N–H and O–H groups in total. The van der Waals surface area contributed by atoms with Crippen LogP contribution in [0.1, 0.15) is 32.1 Å². The van der Waals surface area contributed by atoms with Crippen LogP contribution in [-0.4, -0.2) is 27.8 Å². The van der Waals surface area contributed by atoms with Crippen molar-refractivity contribution in [3.05, 3.63) is 34.7 Å². The van der Waals surface area contributed by atoms with Crippen LogP contribution in [0.15, 0.2) is 29.1 Å². The van der Waals surface area contributed by atoms with Gasteiger partial charge in [0.1, 0.15) is 0 Å². The molecule has 1 aliphatic carbocycles. The first kappa shape index (κ1) is 15.6. The second kappa shape index (κ2) is 6.89. The summed E-state index contributed by atoms with van der Waals surface area (Å²) < 4.78 is 3.34. The number of rotatable bonds is 4. The maximum Gasteiger partial charge on any atom is 0.328 e. The topological polar surface area (TPSA) is 68.1 Å². The van der Waals surface area contributed by atoms with Crippen LogP contribution in [0, 0.1) is 0 Å². The average Bonchev–Trinajstić information content (AvgIpc) is 2.81. The van der Waals surface area contributed by atoms with E-state index in [-0.39, 0.29) is 11.7 Å². The van der Waals surface area contributed by atoms with Crippen LogP contribution in [0.2, 0.25) is 0 Å². The van der Waals surface area contributed by atoms with Gasteiger partial charge in [0, 0.05) is 26.2 Å². The molecule has 0 radical (unpaired) electrons. The number of hydrogen-bond acceptors (Lipinski definition) is 2. The Kier molecular flexibility index (Phi) is 4.69. The van der Waals surface area contributed by atoms with E-state index < -0.39 is 0 Å². The molecule has 6 nitrogen and oxygen atoms in total. The van der Waals surface area contributed by atoms with Crippen LogP contribution in [-0.2, 0) is 13.6 Å². The number of nitrogens with zero attached hydrogens (tertiary/aromatic N) is 2. The van der Waals surface area contributed by atoms with Gasteiger partial charge in [-0.1, -0.05) is 31.4 Å². The van der Waals surface area contributed by atoms with Gasteiger partial charge in [0.15, 0.2) is 0 Å². The summed E-state index contributed by atoms with van der Waals surface area (Å²) in [7, 11) is 1.77. The number of hydrogen-bond donors (Lipinski definition) is 2. The van der Waals surface area contributed by atoms with Crippen molar-refractivity contribution in [3.8, 4) is 0 Å². The van der Waals surface area contributed by atoms with Crippen molar-refractivity contribution in [1.29, 1.82) is 0 Å². The Morgan fingerprint density at radius 3 is 2.61 bits per heavy atom. The zero-order valence-corrected chi connectivity index (χ0v) is 13.5. The minimum atomic E-state index is -0.134. The summed E-state index contributed by atoms with van der Waals surface area (Å²) in [6.45, 7) is 0.907. The van der Waals surface area contributed by atoms with Crippen molar-refractivity contribution in [2.75, 3.05) is 6.54 Å². The lowest BCUT2D eigenvalue weighted by atomic mass is 9.96. The highest BCUT2D eigenvalue weighted by Crippen LogP contribution is 2.17.